The van der Waals surface area contributed by atoms with E-state index in [1.165, 1.54) is 13.0 Å². The summed E-state index contributed by atoms with van der Waals surface area (Å²) >= 11 is 0. The molecular formula is C15H25N3O2. The number of likely N-dealkylation sites (tertiary alicyclic amines) is 1. The van der Waals surface area contributed by atoms with E-state index in [9.17, 15) is 4.79 Å². The number of carbonyl (C=O) groups is 1. The van der Waals surface area contributed by atoms with Crippen LogP contribution in [0.15, 0.2) is 22.8 Å². The van der Waals surface area contributed by atoms with Crippen molar-refractivity contribution in [1.29, 1.82) is 0 Å². The Labute approximate surface area is 120 Å². The van der Waals surface area contributed by atoms with E-state index in [0.717, 1.165) is 25.4 Å². The Bertz CT molecular complexity index is 405. The van der Waals surface area contributed by atoms with Crippen LogP contribution in [0.1, 0.15) is 26.0 Å². The van der Waals surface area contributed by atoms with Crippen LogP contribution in [0.2, 0.25) is 0 Å². The summed E-state index contributed by atoms with van der Waals surface area (Å²) in [6.45, 7) is 8.91. The second-order valence-corrected chi connectivity index (χ2v) is 5.48. The van der Waals surface area contributed by atoms with Crippen molar-refractivity contribution in [3.8, 4) is 0 Å². The van der Waals surface area contributed by atoms with Crippen molar-refractivity contribution in [2.75, 3.05) is 26.2 Å². The predicted octanol–water partition coefficient (Wildman–Crippen LogP) is 1.22. The SMILES string of the molecule is CCN1CCC(CNC(C)C(=O)NCc2ccco2)C1. The molecule has 1 aromatic rings. The molecule has 0 aliphatic carbocycles. The van der Waals surface area contributed by atoms with Crippen LogP contribution in [0.3, 0.4) is 0 Å². The van der Waals surface area contributed by atoms with Gasteiger partial charge in [0.2, 0.25) is 5.91 Å². The van der Waals surface area contributed by atoms with E-state index < -0.39 is 0 Å². The van der Waals surface area contributed by atoms with Gasteiger partial charge in [0.05, 0.1) is 18.8 Å². The van der Waals surface area contributed by atoms with E-state index in [2.05, 4.69) is 22.5 Å². The Kier molecular flexibility index (Phi) is 5.61. The van der Waals surface area contributed by atoms with Crippen LogP contribution in [-0.2, 0) is 11.3 Å². The van der Waals surface area contributed by atoms with Gasteiger partial charge in [-0.2, -0.15) is 0 Å². The molecule has 2 N–H and O–H groups in total. The van der Waals surface area contributed by atoms with Gasteiger partial charge in [-0.1, -0.05) is 6.92 Å². The van der Waals surface area contributed by atoms with Crippen molar-refractivity contribution >= 4 is 5.91 Å². The van der Waals surface area contributed by atoms with Gasteiger partial charge in [0.15, 0.2) is 0 Å². The van der Waals surface area contributed by atoms with Gasteiger partial charge in [-0.05, 0) is 51.0 Å². The number of hydrogen-bond donors (Lipinski definition) is 2. The zero-order valence-electron chi connectivity index (χ0n) is 12.4. The van der Waals surface area contributed by atoms with Crippen molar-refractivity contribution in [1.82, 2.24) is 15.5 Å². The molecule has 1 aliphatic rings. The minimum atomic E-state index is -0.166. The van der Waals surface area contributed by atoms with E-state index in [-0.39, 0.29) is 11.9 Å². The molecule has 5 nitrogen and oxygen atoms in total. The minimum absolute atomic E-state index is 0.0201. The third-order valence-corrected chi connectivity index (χ3v) is 3.94. The number of hydrogen-bond acceptors (Lipinski definition) is 4. The van der Waals surface area contributed by atoms with Gasteiger partial charge >= 0.3 is 0 Å². The summed E-state index contributed by atoms with van der Waals surface area (Å²) in [4.78, 5) is 14.4. The first-order valence-corrected chi connectivity index (χ1v) is 7.45. The highest BCUT2D eigenvalue weighted by molar-refractivity contribution is 5.81. The van der Waals surface area contributed by atoms with Crippen LogP contribution in [0.5, 0.6) is 0 Å². The fourth-order valence-corrected chi connectivity index (χ4v) is 2.54. The monoisotopic (exact) mass is 279 g/mol. The van der Waals surface area contributed by atoms with E-state index in [0.29, 0.717) is 12.5 Å². The molecule has 5 heteroatoms. The summed E-state index contributed by atoms with van der Waals surface area (Å²) in [5.41, 5.74) is 0. The van der Waals surface area contributed by atoms with E-state index >= 15 is 0 Å². The highest BCUT2D eigenvalue weighted by Gasteiger charge is 2.22. The van der Waals surface area contributed by atoms with E-state index in [1.54, 1.807) is 6.26 Å². The van der Waals surface area contributed by atoms with Crippen molar-refractivity contribution in [2.45, 2.75) is 32.9 Å². The number of carbonyl (C=O) groups excluding carboxylic acids is 1. The summed E-state index contributed by atoms with van der Waals surface area (Å²) < 4.78 is 5.19. The van der Waals surface area contributed by atoms with Crippen molar-refractivity contribution in [3.63, 3.8) is 0 Å². The quantitative estimate of drug-likeness (QED) is 0.788. The smallest absolute Gasteiger partial charge is 0.237 e. The largest absolute Gasteiger partial charge is 0.467 e. The molecule has 0 aromatic carbocycles. The van der Waals surface area contributed by atoms with Gasteiger partial charge in [-0.3, -0.25) is 4.79 Å². The molecule has 1 aliphatic heterocycles. The first-order valence-electron chi connectivity index (χ1n) is 7.45. The van der Waals surface area contributed by atoms with Gasteiger partial charge in [-0.25, -0.2) is 0 Å². The van der Waals surface area contributed by atoms with Crippen LogP contribution in [0, 0.1) is 5.92 Å². The first-order chi connectivity index (χ1) is 9.69. The van der Waals surface area contributed by atoms with E-state index in [1.807, 2.05) is 19.1 Å². The molecule has 1 fully saturated rings. The maximum Gasteiger partial charge on any atom is 0.237 e. The molecule has 0 bridgehead atoms. The molecular weight excluding hydrogens is 254 g/mol. The fraction of sp³-hybridized carbons (Fsp3) is 0.667. The number of amides is 1. The lowest BCUT2D eigenvalue weighted by molar-refractivity contribution is -0.123. The maximum atomic E-state index is 11.9. The molecule has 1 aromatic heterocycles. The second-order valence-electron chi connectivity index (χ2n) is 5.48. The third kappa shape index (κ3) is 4.35. The lowest BCUT2D eigenvalue weighted by Gasteiger charge is -2.17. The standard InChI is InChI=1S/C15H25N3O2/c1-3-18-7-6-13(11-18)9-16-12(2)15(19)17-10-14-5-4-8-20-14/h4-5,8,12-13,16H,3,6-7,9-11H2,1-2H3,(H,17,19). The zero-order chi connectivity index (χ0) is 14.4. The second kappa shape index (κ2) is 7.45. The Morgan fingerprint density at radius 1 is 1.60 bits per heavy atom. The average molecular weight is 279 g/mol. The summed E-state index contributed by atoms with van der Waals surface area (Å²) in [7, 11) is 0. The maximum absolute atomic E-state index is 11.9. The van der Waals surface area contributed by atoms with Gasteiger partial charge in [-0.15, -0.1) is 0 Å². The van der Waals surface area contributed by atoms with E-state index in [4.69, 9.17) is 4.42 Å². The van der Waals surface area contributed by atoms with Crippen LogP contribution in [0.25, 0.3) is 0 Å². The number of rotatable bonds is 7. The molecule has 0 saturated carbocycles. The van der Waals surface area contributed by atoms with Crippen molar-refractivity contribution in [3.05, 3.63) is 24.2 Å². The minimum Gasteiger partial charge on any atom is -0.467 e. The fourth-order valence-electron chi connectivity index (χ4n) is 2.54. The average Bonchev–Trinajstić information content (AvgIpc) is 3.13. The Balaban J connectivity index is 1.64. The van der Waals surface area contributed by atoms with Crippen LogP contribution in [0.4, 0.5) is 0 Å². The molecule has 1 saturated heterocycles. The molecule has 2 atom stereocenters. The molecule has 1 amide bonds. The summed E-state index contributed by atoms with van der Waals surface area (Å²) in [6.07, 6.45) is 2.84. The molecule has 2 rings (SSSR count). The van der Waals surface area contributed by atoms with Crippen LogP contribution >= 0.6 is 0 Å². The normalized spacial score (nSPS) is 21.0. The van der Waals surface area contributed by atoms with Crippen LogP contribution in [-0.4, -0.2) is 43.0 Å². The van der Waals surface area contributed by atoms with Gasteiger partial charge in [0.1, 0.15) is 5.76 Å². The first kappa shape index (κ1) is 15.1. The number of furan rings is 1. The predicted molar refractivity (Wildman–Crippen MR) is 78.2 cm³/mol. The number of nitrogens with one attached hydrogen (secondary N) is 2. The third-order valence-electron chi connectivity index (χ3n) is 3.94. The molecule has 20 heavy (non-hydrogen) atoms. The highest BCUT2D eigenvalue weighted by Crippen LogP contribution is 2.14. The Morgan fingerprint density at radius 3 is 3.10 bits per heavy atom. The summed E-state index contributed by atoms with van der Waals surface area (Å²) in [5.74, 6) is 1.46. The van der Waals surface area contributed by atoms with Gasteiger partial charge in [0, 0.05) is 6.54 Å². The van der Waals surface area contributed by atoms with Gasteiger partial charge < -0.3 is 20.0 Å². The number of nitrogens with zero attached hydrogens (tertiary/aromatic N) is 1. The van der Waals surface area contributed by atoms with Crippen LogP contribution < -0.4 is 10.6 Å². The summed E-state index contributed by atoms with van der Waals surface area (Å²) in [5, 5.41) is 6.20. The summed E-state index contributed by atoms with van der Waals surface area (Å²) in [6, 6.07) is 3.51. The zero-order valence-corrected chi connectivity index (χ0v) is 12.4. The van der Waals surface area contributed by atoms with Crippen molar-refractivity contribution < 1.29 is 9.21 Å². The van der Waals surface area contributed by atoms with Gasteiger partial charge in [0.25, 0.3) is 0 Å². The molecule has 0 spiro atoms. The Morgan fingerprint density at radius 2 is 2.45 bits per heavy atom. The molecule has 2 unspecified atom stereocenters. The Hall–Kier alpha value is -1.33. The van der Waals surface area contributed by atoms with Crippen molar-refractivity contribution in [2.24, 2.45) is 5.92 Å². The molecule has 0 radical (unpaired) electrons. The lowest BCUT2D eigenvalue weighted by Crippen LogP contribution is -2.43. The highest BCUT2D eigenvalue weighted by atomic mass is 16.3. The molecule has 2 heterocycles. The topological polar surface area (TPSA) is 57.5 Å². The molecule has 112 valence electrons. The lowest BCUT2D eigenvalue weighted by atomic mass is 10.1.